The minimum Gasteiger partial charge on any atom is -0.243 e. The summed E-state index contributed by atoms with van der Waals surface area (Å²) in [6, 6.07) is 5.86. The summed E-state index contributed by atoms with van der Waals surface area (Å²) < 4.78 is 40.0. The molecule has 4 nitrogen and oxygen atoms in total. The summed E-state index contributed by atoms with van der Waals surface area (Å²) in [6.45, 7) is 2.00. The van der Waals surface area contributed by atoms with Crippen LogP contribution in [0.1, 0.15) is 13.3 Å². The zero-order valence-corrected chi connectivity index (χ0v) is 12.3. The Morgan fingerprint density at radius 2 is 2.00 bits per heavy atom. The molecule has 106 valence electrons. The molecule has 1 aromatic heterocycles. The van der Waals surface area contributed by atoms with Crippen molar-refractivity contribution in [3.05, 3.63) is 36.3 Å². The highest BCUT2D eigenvalue weighted by Crippen LogP contribution is 2.33. The SMILES string of the molecule is CC1CC1NS(=O)(=O)c1cnc(-c2ccc(F)cc2)s1. The van der Waals surface area contributed by atoms with Gasteiger partial charge in [0.15, 0.2) is 4.21 Å². The Morgan fingerprint density at radius 3 is 2.60 bits per heavy atom. The van der Waals surface area contributed by atoms with Gasteiger partial charge < -0.3 is 0 Å². The van der Waals surface area contributed by atoms with Crippen LogP contribution in [0.4, 0.5) is 4.39 Å². The maximum Gasteiger partial charge on any atom is 0.251 e. The number of nitrogens with zero attached hydrogens (tertiary/aromatic N) is 1. The van der Waals surface area contributed by atoms with E-state index in [1.807, 2.05) is 6.92 Å². The summed E-state index contributed by atoms with van der Waals surface area (Å²) in [4.78, 5) is 4.11. The van der Waals surface area contributed by atoms with Crippen LogP contribution in [-0.4, -0.2) is 19.4 Å². The van der Waals surface area contributed by atoms with E-state index >= 15 is 0 Å². The van der Waals surface area contributed by atoms with E-state index in [2.05, 4.69) is 9.71 Å². The van der Waals surface area contributed by atoms with Crippen LogP contribution in [-0.2, 0) is 10.0 Å². The molecule has 3 rings (SSSR count). The summed E-state index contributed by atoms with van der Waals surface area (Å²) in [5.41, 5.74) is 0.706. The molecule has 0 spiro atoms. The fraction of sp³-hybridized carbons (Fsp3) is 0.308. The van der Waals surface area contributed by atoms with Crippen LogP contribution in [0.15, 0.2) is 34.7 Å². The second-order valence-corrected chi connectivity index (χ2v) is 7.90. The summed E-state index contributed by atoms with van der Waals surface area (Å²) >= 11 is 1.09. The fourth-order valence-corrected chi connectivity index (χ4v) is 4.36. The van der Waals surface area contributed by atoms with E-state index in [9.17, 15) is 12.8 Å². The van der Waals surface area contributed by atoms with E-state index in [-0.39, 0.29) is 16.1 Å². The normalized spacial score (nSPS) is 21.9. The van der Waals surface area contributed by atoms with Crippen LogP contribution < -0.4 is 4.72 Å². The van der Waals surface area contributed by atoms with E-state index in [0.717, 1.165) is 17.8 Å². The topological polar surface area (TPSA) is 59.1 Å². The molecule has 1 aliphatic rings. The van der Waals surface area contributed by atoms with Gasteiger partial charge in [-0.05, 0) is 36.6 Å². The number of aromatic nitrogens is 1. The van der Waals surface area contributed by atoms with Gasteiger partial charge in [0, 0.05) is 11.6 Å². The van der Waals surface area contributed by atoms with E-state index in [0.29, 0.717) is 16.5 Å². The van der Waals surface area contributed by atoms with Crippen molar-refractivity contribution in [1.29, 1.82) is 0 Å². The van der Waals surface area contributed by atoms with E-state index in [4.69, 9.17) is 0 Å². The molecule has 2 aromatic rings. The van der Waals surface area contributed by atoms with Gasteiger partial charge in [-0.15, -0.1) is 11.3 Å². The second kappa shape index (κ2) is 4.91. The Kier molecular flexibility index (Phi) is 3.35. The Balaban J connectivity index is 1.84. The van der Waals surface area contributed by atoms with Crippen molar-refractivity contribution in [2.24, 2.45) is 5.92 Å². The van der Waals surface area contributed by atoms with Gasteiger partial charge in [0.2, 0.25) is 0 Å². The predicted octanol–water partition coefficient (Wildman–Crippen LogP) is 2.64. The lowest BCUT2D eigenvalue weighted by Gasteiger charge is -2.01. The van der Waals surface area contributed by atoms with Crippen molar-refractivity contribution in [1.82, 2.24) is 9.71 Å². The zero-order valence-electron chi connectivity index (χ0n) is 10.7. The third-order valence-electron chi connectivity index (χ3n) is 3.26. The molecule has 1 aromatic carbocycles. The third-order valence-corrected chi connectivity index (χ3v) is 6.25. The third kappa shape index (κ3) is 2.74. The largest absolute Gasteiger partial charge is 0.251 e. The minimum absolute atomic E-state index is 0.0383. The lowest BCUT2D eigenvalue weighted by Crippen LogP contribution is -2.26. The number of benzene rings is 1. The van der Waals surface area contributed by atoms with Crippen molar-refractivity contribution < 1.29 is 12.8 Å². The van der Waals surface area contributed by atoms with E-state index < -0.39 is 10.0 Å². The van der Waals surface area contributed by atoms with Crippen molar-refractivity contribution in [3.63, 3.8) is 0 Å². The Labute approximate surface area is 120 Å². The molecule has 1 aliphatic carbocycles. The molecule has 2 atom stereocenters. The highest BCUT2D eigenvalue weighted by molar-refractivity contribution is 7.91. The van der Waals surface area contributed by atoms with Gasteiger partial charge in [-0.1, -0.05) is 6.92 Å². The number of nitrogens with one attached hydrogen (secondary N) is 1. The smallest absolute Gasteiger partial charge is 0.243 e. The van der Waals surface area contributed by atoms with Crippen LogP contribution in [0, 0.1) is 11.7 Å². The molecular weight excluding hydrogens is 299 g/mol. The van der Waals surface area contributed by atoms with E-state index in [1.54, 1.807) is 12.1 Å². The molecule has 1 fully saturated rings. The number of rotatable bonds is 4. The van der Waals surface area contributed by atoms with Crippen LogP contribution in [0.3, 0.4) is 0 Å². The summed E-state index contributed by atoms with van der Waals surface area (Å²) in [7, 11) is -3.49. The first-order valence-corrected chi connectivity index (χ1v) is 8.50. The average molecular weight is 312 g/mol. The molecule has 0 radical (unpaired) electrons. The fourth-order valence-electron chi connectivity index (χ4n) is 1.85. The molecule has 0 saturated heterocycles. The maximum absolute atomic E-state index is 12.9. The van der Waals surface area contributed by atoms with Gasteiger partial charge in [-0.25, -0.2) is 22.5 Å². The number of hydrogen-bond acceptors (Lipinski definition) is 4. The van der Waals surface area contributed by atoms with E-state index in [1.165, 1.54) is 18.3 Å². The molecule has 7 heteroatoms. The Morgan fingerprint density at radius 1 is 1.35 bits per heavy atom. The van der Waals surface area contributed by atoms with Gasteiger partial charge in [0.1, 0.15) is 10.8 Å². The van der Waals surface area contributed by atoms with Crippen molar-refractivity contribution in [2.75, 3.05) is 0 Å². The van der Waals surface area contributed by atoms with Crippen LogP contribution in [0.2, 0.25) is 0 Å². The quantitative estimate of drug-likeness (QED) is 0.944. The summed E-state index contributed by atoms with van der Waals surface area (Å²) in [5, 5.41) is 0.564. The number of thiazole rings is 1. The van der Waals surface area contributed by atoms with Gasteiger partial charge >= 0.3 is 0 Å². The van der Waals surface area contributed by atoms with Crippen LogP contribution in [0.25, 0.3) is 10.6 Å². The standard InChI is InChI=1S/C13H13FN2O2S2/c1-8-6-11(8)16-20(17,18)12-7-15-13(19-12)9-2-4-10(14)5-3-9/h2-5,7-8,11,16H,6H2,1H3. The predicted molar refractivity (Wildman–Crippen MR) is 75.4 cm³/mol. The average Bonchev–Trinajstić information content (AvgIpc) is 2.92. The lowest BCUT2D eigenvalue weighted by atomic mass is 10.2. The maximum atomic E-state index is 12.9. The van der Waals surface area contributed by atoms with Crippen molar-refractivity contribution in [3.8, 4) is 10.6 Å². The zero-order chi connectivity index (χ0) is 14.3. The minimum atomic E-state index is -3.49. The first-order chi connectivity index (χ1) is 9.45. The number of sulfonamides is 1. The van der Waals surface area contributed by atoms with Gasteiger partial charge in [0.25, 0.3) is 10.0 Å². The van der Waals surface area contributed by atoms with Crippen LogP contribution in [0.5, 0.6) is 0 Å². The monoisotopic (exact) mass is 312 g/mol. The van der Waals surface area contributed by atoms with Crippen LogP contribution >= 0.6 is 11.3 Å². The molecule has 2 unspecified atom stereocenters. The van der Waals surface area contributed by atoms with Gasteiger partial charge in [0.05, 0.1) is 6.20 Å². The first-order valence-electron chi connectivity index (χ1n) is 6.20. The van der Waals surface area contributed by atoms with Crippen molar-refractivity contribution in [2.45, 2.75) is 23.6 Å². The highest BCUT2D eigenvalue weighted by atomic mass is 32.2. The van der Waals surface area contributed by atoms with Gasteiger partial charge in [-0.2, -0.15) is 0 Å². The molecular formula is C13H13FN2O2S2. The Bertz CT molecular complexity index is 725. The Hall–Kier alpha value is -1.31. The molecule has 0 amide bonds. The lowest BCUT2D eigenvalue weighted by molar-refractivity contribution is 0.580. The first kappa shape index (κ1) is 13.7. The molecule has 0 bridgehead atoms. The molecule has 1 heterocycles. The highest BCUT2D eigenvalue weighted by Gasteiger charge is 2.37. The summed E-state index contributed by atoms with van der Waals surface area (Å²) in [6.07, 6.45) is 2.22. The number of halogens is 1. The second-order valence-electron chi connectivity index (χ2n) is 4.93. The van der Waals surface area contributed by atoms with Gasteiger partial charge in [-0.3, -0.25) is 0 Å². The molecule has 20 heavy (non-hydrogen) atoms. The molecule has 0 aliphatic heterocycles. The summed E-state index contributed by atoms with van der Waals surface area (Å²) in [5.74, 6) is 0.0665. The molecule has 1 saturated carbocycles. The van der Waals surface area contributed by atoms with Crippen molar-refractivity contribution >= 4 is 21.4 Å². The number of hydrogen-bond donors (Lipinski definition) is 1. The molecule has 1 N–H and O–H groups in total.